The van der Waals surface area contributed by atoms with Gasteiger partial charge < -0.3 is 67.5 Å². The van der Waals surface area contributed by atoms with E-state index >= 15 is 0 Å². The Balaban J connectivity index is 1.16. The summed E-state index contributed by atoms with van der Waals surface area (Å²) in [7, 11) is 3.28. The lowest BCUT2D eigenvalue weighted by Crippen LogP contribution is -2.58. The molecule has 7 rings (SSSR count). The molecule has 0 aromatic carbocycles. The highest BCUT2D eigenvalue weighted by atomic mass is 16.7. The van der Waals surface area contributed by atoms with Crippen molar-refractivity contribution in [3.05, 3.63) is 59.3 Å². The zero-order valence-electron chi connectivity index (χ0n) is 41.1. The van der Waals surface area contributed by atoms with Gasteiger partial charge in [0.15, 0.2) is 24.5 Å². The molecule has 6 aliphatic heterocycles. The first-order chi connectivity index (χ1) is 32.0. The smallest absolute Gasteiger partial charge is 0.316 e. The number of aliphatic hydroxyl groups is 3. The molecule has 0 amide bonds. The summed E-state index contributed by atoms with van der Waals surface area (Å²) < 4.78 is 64.5. The van der Waals surface area contributed by atoms with E-state index in [0.717, 1.165) is 12.0 Å². The standard InChI is InChI=1S/C51H77NO15/c1-11-28(2)45-31(5)17-18-50(66-45)25-38-23-37(65-50)16-15-30(4)44(29(3)13-12-14-36-27-59-48-43(54)32(6)21-39(49(55)62-38)51(36,48)56)63-41-22-35(26-57-9)46(33(7)60-41)64-42-24-40(58-10)47(34(8)61-42)67-52-19-20-53/h12-15,17-19,21,28-29,31,33-35,37-48,53-54,56H,11,16,20,22-27H2,1-10H3/b13-12+,30-15+,36-14+,52-19+/t28?,29-,31-,33-,34-,35+,37+,38-,39-,40-,41?,42-,43+,44-,45+,46-,47-,48+,50+,51+/m0/s1. The number of fused-ring (bicyclic) bond motifs is 2. The molecule has 20 atom stereocenters. The van der Waals surface area contributed by atoms with Gasteiger partial charge in [0, 0.05) is 57.7 Å². The van der Waals surface area contributed by atoms with E-state index in [1.807, 2.05) is 32.1 Å². The third-order valence-corrected chi connectivity index (χ3v) is 15.1. The molecule has 67 heavy (non-hydrogen) atoms. The zero-order chi connectivity index (χ0) is 48.2. The maximum absolute atomic E-state index is 14.4. The highest BCUT2D eigenvalue weighted by molar-refractivity contribution is 5.78. The van der Waals surface area contributed by atoms with Gasteiger partial charge in [-0.2, -0.15) is 0 Å². The molecule has 0 aromatic rings. The Hall–Kier alpha value is -2.84. The predicted octanol–water partition coefficient (Wildman–Crippen LogP) is 5.63. The van der Waals surface area contributed by atoms with Crippen LogP contribution in [-0.2, 0) is 57.0 Å². The SMILES string of the molecule is CCC(C)[C@H]1O[C@]2(C=C[C@@H]1C)C[C@@H]1C[C@@H](C/C=C(\C)[C@@H](OC3C[C@H](COC)[C@@H](O[C@H]4C[C@H](OC)[C@@H](O/N=C/CO)[C@H](C)O4)[C@H](C)O3)[C@@H](C)/C=C/C=C3\CO[C@@H]4[C@H](O)C(C)=C[C@@H](C(=O)O1)[C@]34O)O2. The minimum atomic E-state index is -1.84. The van der Waals surface area contributed by atoms with Gasteiger partial charge in [-0.05, 0) is 62.8 Å². The van der Waals surface area contributed by atoms with Crippen LogP contribution in [0, 0.1) is 29.6 Å². The van der Waals surface area contributed by atoms with E-state index in [0.29, 0.717) is 43.4 Å². The summed E-state index contributed by atoms with van der Waals surface area (Å²) in [6.07, 6.45) is 10.8. The second-order valence-electron chi connectivity index (χ2n) is 19.9. The average Bonchev–Trinajstić information content (AvgIpc) is 3.64. The molecule has 3 N–H and O–H groups in total. The normalized spacial score (nSPS) is 46.4. The monoisotopic (exact) mass is 944 g/mol. The molecule has 6 heterocycles. The van der Waals surface area contributed by atoms with Gasteiger partial charge in [0.25, 0.3) is 0 Å². The lowest BCUT2D eigenvalue weighted by molar-refractivity contribution is -0.315. The fourth-order valence-electron chi connectivity index (χ4n) is 11.2. The molecule has 7 aliphatic rings. The van der Waals surface area contributed by atoms with E-state index in [9.17, 15) is 15.0 Å². The largest absolute Gasteiger partial charge is 0.462 e. The maximum Gasteiger partial charge on any atom is 0.316 e. The van der Waals surface area contributed by atoms with E-state index in [-0.39, 0.29) is 55.5 Å². The molecule has 4 saturated heterocycles. The molecule has 1 aliphatic carbocycles. The summed E-state index contributed by atoms with van der Waals surface area (Å²) >= 11 is 0. The van der Waals surface area contributed by atoms with Crippen molar-refractivity contribution < 1.29 is 72.3 Å². The summed E-state index contributed by atoms with van der Waals surface area (Å²) in [6, 6.07) is 0. The number of carbonyl (C=O) groups excluding carboxylic acids is 1. The van der Waals surface area contributed by atoms with Gasteiger partial charge in [-0.25, -0.2) is 0 Å². The molecule has 16 nitrogen and oxygen atoms in total. The van der Waals surface area contributed by atoms with Gasteiger partial charge in [-0.1, -0.05) is 75.7 Å². The Morgan fingerprint density at radius 1 is 0.955 bits per heavy atom. The number of carbonyl (C=O) groups is 1. The van der Waals surface area contributed by atoms with Gasteiger partial charge in [-0.3, -0.25) is 4.79 Å². The number of ether oxygens (including phenoxy) is 10. The topological polar surface area (TPSA) is 192 Å². The van der Waals surface area contributed by atoms with Crippen molar-refractivity contribution in [3.63, 3.8) is 0 Å². The van der Waals surface area contributed by atoms with Crippen LogP contribution in [0.1, 0.15) is 93.9 Å². The fraction of sp³-hybridized carbons (Fsp3) is 0.765. The minimum absolute atomic E-state index is 0.0272. The van der Waals surface area contributed by atoms with Gasteiger partial charge in [0.05, 0.1) is 62.7 Å². The molecular formula is C51H77NO15. The van der Waals surface area contributed by atoms with Crippen molar-refractivity contribution in [3.8, 4) is 0 Å². The highest BCUT2D eigenvalue weighted by Crippen LogP contribution is 2.47. The van der Waals surface area contributed by atoms with Crippen LogP contribution in [0.25, 0.3) is 0 Å². The second-order valence-corrected chi connectivity index (χ2v) is 19.9. The number of oxime groups is 1. The number of aliphatic hydroxyl groups excluding tert-OH is 2. The van der Waals surface area contributed by atoms with Crippen molar-refractivity contribution >= 4 is 12.2 Å². The molecule has 1 spiro atoms. The molecule has 2 unspecified atom stereocenters. The first-order valence-electron chi connectivity index (χ1n) is 24.5. The third kappa shape index (κ3) is 11.4. The molecule has 0 aromatic heterocycles. The van der Waals surface area contributed by atoms with E-state index < -0.39 is 90.8 Å². The van der Waals surface area contributed by atoms with Crippen molar-refractivity contribution in [1.82, 2.24) is 0 Å². The van der Waals surface area contributed by atoms with Crippen molar-refractivity contribution in [2.24, 2.45) is 34.7 Å². The van der Waals surface area contributed by atoms with Crippen LogP contribution in [0.3, 0.4) is 0 Å². The number of hydrogen-bond acceptors (Lipinski definition) is 16. The highest BCUT2D eigenvalue weighted by Gasteiger charge is 2.60. The van der Waals surface area contributed by atoms with Crippen molar-refractivity contribution in [1.29, 1.82) is 0 Å². The molecule has 4 fully saturated rings. The van der Waals surface area contributed by atoms with Gasteiger partial charge in [-0.15, -0.1) is 0 Å². The number of rotatable bonds is 12. The number of methoxy groups -OCH3 is 2. The zero-order valence-corrected chi connectivity index (χ0v) is 41.1. The van der Waals surface area contributed by atoms with Crippen molar-refractivity contribution in [2.45, 2.75) is 185 Å². The predicted molar refractivity (Wildman–Crippen MR) is 246 cm³/mol. The lowest BCUT2D eigenvalue weighted by Gasteiger charge is -2.48. The van der Waals surface area contributed by atoms with E-state index in [2.05, 4.69) is 51.9 Å². The van der Waals surface area contributed by atoms with Gasteiger partial charge in [0.1, 0.15) is 35.9 Å². The molecule has 376 valence electrons. The summed E-state index contributed by atoms with van der Waals surface area (Å²) in [4.78, 5) is 20.0. The number of esters is 1. The molecule has 0 radical (unpaired) electrons. The fourth-order valence-corrected chi connectivity index (χ4v) is 11.2. The Labute approximate surface area is 396 Å². The van der Waals surface area contributed by atoms with E-state index in [1.54, 1.807) is 33.3 Å². The summed E-state index contributed by atoms with van der Waals surface area (Å²) in [6.45, 7) is 16.4. The quantitative estimate of drug-likeness (QED) is 0.0944. The van der Waals surface area contributed by atoms with Crippen molar-refractivity contribution in [2.75, 3.05) is 34.0 Å². The van der Waals surface area contributed by atoms with Crippen LogP contribution in [0.2, 0.25) is 0 Å². The van der Waals surface area contributed by atoms with Crippen LogP contribution < -0.4 is 0 Å². The summed E-state index contributed by atoms with van der Waals surface area (Å²) in [5.41, 5.74) is 0.127. The summed E-state index contributed by atoms with van der Waals surface area (Å²) in [5.74, 6) is -2.71. The molecular weight excluding hydrogens is 867 g/mol. The Bertz CT molecular complexity index is 1870. The van der Waals surface area contributed by atoms with Crippen LogP contribution in [-0.4, -0.2) is 153 Å². The Morgan fingerprint density at radius 3 is 2.42 bits per heavy atom. The maximum atomic E-state index is 14.4. The van der Waals surface area contributed by atoms with Crippen LogP contribution in [0.4, 0.5) is 0 Å². The number of nitrogens with zero attached hydrogens (tertiary/aromatic N) is 1. The first-order valence-corrected chi connectivity index (χ1v) is 24.5. The minimum Gasteiger partial charge on any atom is -0.462 e. The lowest BCUT2D eigenvalue weighted by atomic mass is 9.71. The van der Waals surface area contributed by atoms with Crippen LogP contribution in [0.5, 0.6) is 0 Å². The van der Waals surface area contributed by atoms with Gasteiger partial charge in [0.2, 0.25) is 0 Å². The van der Waals surface area contributed by atoms with Crippen LogP contribution in [0.15, 0.2) is 64.4 Å². The van der Waals surface area contributed by atoms with Gasteiger partial charge >= 0.3 is 5.97 Å². The summed E-state index contributed by atoms with van der Waals surface area (Å²) in [5, 5.41) is 36.8. The molecule has 16 heteroatoms. The molecule has 0 saturated carbocycles. The Kier molecular flexibility index (Phi) is 17.5. The third-order valence-electron chi connectivity index (χ3n) is 15.1. The van der Waals surface area contributed by atoms with E-state index in [4.69, 9.17) is 57.3 Å². The second kappa shape index (κ2) is 22.5. The van der Waals surface area contributed by atoms with E-state index in [1.165, 1.54) is 6.21 Å². The Morgan fingerprint density at radius 2 is 1.70 bits per heavy atom. The molecule has 2 bridgehead atoms. The first kappa shape index (κ1) is 52.0. The van der Waals surface area contributed by atoms with Crippen LogP contribution >= 0.6 is 0 Å². The number of allylic oxidation sites excluding steroid dienone is 2. The average molecular weight is 944 g/mol. The number of hydrogen-bond donors (Lipinski definition) is 3.